The van der Waals surface area contributed by atoms with E-state index in [4.69, 9.17) is 0 Å². The number of carbonyl (C=O) groups is 1. The topological polar surface area (TPSA) is 32.3 Å². The summed E-state index contributed by atoms with van der Waals surface area (Å²) >= 11 is 0. The molecule has 1 aromatic rings. The summed E-state index contributed by atoms with van der Waals surface area (Å²) in [7, 11) is 3.97. The predicted octanol–water partition coefficient (Wildman–Crippen LogP) is 1.29. The summed E-state index contributed by atoms with van der Waals surface area (Å²) in [5.74, 6) is -0.00292. The Morgan fingerprint density at radius 2 is 1.87 bits per heavy atom. The summed E-state index contributed by atoms with van der Waals surface area (Å²) in [6.07, 6.45) is 0. The summed E-state index contributed by atoms with van der Waals surface area (Å²) in [5, 5.41) is 2.87. The van der Waals surface area contributed by atoms with Crippen LogP contribution in [0.4, 0.5) is 0 Å². The van der Waals surface area contributed by atoms with Gasteiger partial charge in [-0.25, -0.2) is 0 Å². The fraction of sp³-hybridized carbons (Fsp3) is 0.417. The van der Waals surface area contributed by atoms with Crippen molar-refractivity contribution < 1.29 is 4.79 Å². The molecule has 15 heavy (non-hydrogen) atoms. The molecule has 1 amide bonds. The Balaban J connectivity index is 2.43. The van der Waals surface area contributed by atoms with E-state index >= 15 is 0 Å². The molecule has 0 spiro atoms. The third kappa shape index (κ3) is 4.13. The molecule has 0 fully saturated rings. The van der Waals surface area contributed by atoms with E-state index in [0.29, 0.717) is 6.54 Å². The van der Waals surface area contributed by atoms with E-state index in [1.807, 2.05) is 50.2 Å². The second-order valence-corrected chi connectivity index (χ2v) is 3.93. The highest BCUT2D eigenvalue weighted by molar-refractivity contribution is 5.94. The molecule has 82 valence electrons. The van der Waals surface area contributed by atoms with Crippen molar-refractivity contribution in [2.24, 2.45) is 0 Å². The van der Waals surface area contributed by atoms with Gasteiger partial charge in [0.15, 0.2) is 0 Å². The number of likely N-dealkylation sites (N-methyl/N-ethyl adjacent to an activating group) is 1. The van der Waals surface area contributed by atoms with E-state index in [1.165, 1.54) is 5.56 Å². The van der Waals surface area contributed by atoms with Crippen LogP contribution in [0.15, 0.2) is 24.3 Å². The normalized spacial score (nSPS) is 10.4. The van der Waals surface area contributed by atoms with Crippen molar-refractivity contribution in [1.82, 2.24) is 10.2 Å². The molecule has 0 unspecified atom stereocenters. The van der Waals surface area contributed by atoms with E-state index in [0.717, 1.165) is 12.1 Å². The van der Waals surface area contributed by atoms with Crippen LogP contribution in [-0.4, -0.2) is 38.0 Å². The number of benzene rings is 1. The Kier molecular flexibility index (Phi) is 4.31. The summed E-state index contributed by atoms with van der Waals surface area (Å²) in [5.41, 5.74) is 1.89. The first-order valence-electron chi connectivity index (χ1n) is 5.09. The molecule has 1 aromatic carbocycles. The quantitative estimate of drug-likeness (QED) is 0.805. The Labute approximate surface area is 91.1 Å². The molecule has 0 radical (unpaired) electrons. The summed E-state index contributed by atoms with van der Waals surface area (Å²) in [6, 6.07) is 7.59. The highest BCUT2D eigenvalue weighted by atomic mass is 16.1. The summed E-state index contributed by atoms with van der Waals surface area (Å²) in [4.78, 5) is 13.6. The minimum absolute atomic E-state index is 0.00292. The maximum absolute atomic E-state index is 11.6. The van der Waals surface area contributed by atoms with Crippen LogP contribution in [0.1, 0.15) is 15.9 Å². The largest absolute Gasteiger partial charge is 0.351 e. The third-order valence-corrected chi connectivity index (χ3v) is 2.16. The number of carbonyl (C=O) groups excluding carboxylic acids is 1. The van der Waals surface area contributed by atoms with Crippen LogP contribution in [0.2, 0.25) is 0 Å². The van der Waals surface area contributed by atoms with E-state index in [-0.39, 0.29) is 5.91 Å². The molecule has 3 heteroatoms. The number of nitrogens with zero attached hydrogens (tertiary/aromatic N) is 1. The molecule has 1 rings (SSSR count). The van der Waals surface area contributed by atoms with Gasteiger partial charge in [-0.3, -0.25) is 4.79 Å². The molecule has 3 nitrogen and oxygen atoms in total. The lowest BCUT2D eigenvalue weighted by Gasteiger charge is -2.10. The fourth-order valence-corrected chi connectivity index (χ4v) is 1.20. The van der Waals surface area contributed by atoms with Crippen molar-refractivity contribution in [3.05, 3.63) is 35.4 Å². The molecule has 0 heterocycles. The van der Waals surface area contributed by atoms with Gasteiger partial charge in [-0.1, -0.05) is 17.7 Å². The van der Waals surface area contributed by atoms with E-state index in [1.54, 1.807) is 0 Å². The zero-order valence-electron chi connectivity index (χ0n) is 9.58. The van der Waals surface area contributed by atoms with E-state index in [9.17, 15) is 4.79 Å². The monoisotopic (exact) mass is 206 g/mol. The van der Waals surface area contributed by atoms with Crippen molar-refractivity contribution in [3.8, 4) is 0 Å². The van der Waals surface area contributed by atoms with Gasteiger partial charge >= 0.3 is 0 Å². The maximum atomic E-state index is 11.6. The van der Waals surface area contributed by atoms with Gasteiger partial charge in [-0.2, -0.15) is 0 Å². The first-order valence-corrected chi connectivity index (χ1v) is 5.09. The van der Waals surface area contributed by atoms with Crippen LogP contribution in [0.25, 0.3) is 0 Å². The average molecular weight is 206 g/mol. The molecule has 0 saturated carbocycles. The van der Waals surface area contributed by atoms with Crippen molar-refractivity contribution >= 4 is 5.91 Å². The van der Waals surface area contributed by atoms with Crippen molar-refractivity contribution in [2.75, 3.05) is 27.2 Å². The number of rotatable bonds is 4. The molecule has 1 N–H and O–H groups in total. The molecule has 0 saturated heterocycles. The molecule has 0 atom stereocenters. The lowest BCUT2D eigenvalue weighted by molar-refractivity contribution is 0.0951. The fourth-order valence-electron chi connectivity index (χ4n) is 1.20. The SMILES string of the molecule is Cc1ccc(C(=O)NCCN(C)C)cc1. The number of nitrogens with one attached hydrogen (secondary N) is 1. The van der Waals surface area contributed by atoms with Gasteiger partial charge < -0.3 is 10.2 Å². The second kappa shape index (κ2) is 5.51. The molecule has 0 aliphatic rings. The Morgan fingerprint density at radius 3 is 2.40 bits per heavy atom. The van der Waals surface area contributed by atoms with Crippen LogP contribution in [-0.2, 0) is 0 Å². The smallest absolute Gasteiger partial charge is 0.251 e. The van der Waals surface area contributed by atoms with Gasteiger partial charge in [-0.15, -0.1) is 0 Å². The van der Waals surface area contributed by atoms with Gasteiger partial charge in [0.05, 0.1) is 0 Å². The zero-order chi connectivity index (χ0) is 11.3. The molecular formula is C12H18N2O. The third-order valence-electron chi connectivity index (χ3n) is 2.16. The number of hydrogen-bond donors (Lipinski definition) is 1. The lowest BCUT2D eigenvalue weighted by atomic mass is 10.1. The van der Waals surface area contributed by atoms with Crippen molar-refractivity contribution in [2.45, 2.75) is 6.92 Å². The molecule has 0 aliphatic carbocycles. The lowest BCUT2D eigenvalue weighted by Crippen LogP contribution is -2.31. The van der Waals surface area contributed by atoms with Gasteiger partial charge in [-0.05, 0) is 33.2 Å². The minimum atomic E-state index is -0.00292. The standard InChI is InChI=1S/C12H18N2O/c1-10-4-6-11(7-5-10)12(15)13-8-9-14(2)3/h4-7H,8-9H2,1-3H3,(H,13,15). The first kappa shape index (κ1) is 11.7. The van der Waals surface area contributed by atoms with Crippen LogP contribution < -0.4 is 5.32 Å². The Bertz CT molecular complexity index is 317. The molecule has 0 bridgehead atoms. The number of aryl methyl sites for hydroxylation is 1. The Hall–Kier alpha value is -1.35. The second-order valence-electron chi connectivity index (χ2n) is 3.93. The van der Waals surface area contributed by atoms with E-state index in [2.05, 4.69) is 5.32 Å². The van der Waals surface area contributed by atoms with Crippen LogP contribution in [0.5, 0.6) is 0 Å². The molecule has 0 aromatic heterocycles. The highest BCUT2D eigenvalue weighted by Crippen LogP contribution is 2.02. The van der Waals surface area contributed by atoms with Crippen molar-refractivity contribution in [3.63, 3.8) is 0 Å². The van der Waals surface area contributed by atoms with Gasteiger partial charge in [0.25, 0.3) is 5.91 Å². The van der Waals surface area contributed by atoms with Crippen LogP contribution >= 0.6 is 0 Å². The first-order chi connectivity index (χ1) is 7.09. The highest BCUT2D eigenvalue weighted by Gasteiger charge is 2.03. The van der Waals surface area contributed by atoms with Crippen LogP contribution in [0.3, 0.4) is 0 Å². The van der Waals surface area contributed by atoms with Crippen LogP contribution in [0, 0.1) is 6.92 Å². The number of hydrogen-bond acceptors (Lipinski definition) is 2. The molecular weight excluding hydrogens is 188 g/mol. The molecule has 0 aliphatic heterocycles. The predicted molar refractivity (Wildman–Crippen MR) is 62.1 cm³/mol. The van der Waals surface area contributed by atoms with Crippen molar-refractivity contribution in [1.29, 1.82) is 0 Å². The number of amides is 1. The minimum Gasteiger partial charge on any atom is -0.351 e. The van der Waals surface area contributed by atoms with Gasteiger partial charge in [0.2, 0.25) is 0 Å². The summed E-state index contributed by atoms with van der Waals surface area (Å²) in [6.45, 7) is 3.55. The zero-order valence-corrected chi connectivity index (χ0v) is 9.58. The Morgan fingerprint density at radius 1 is 1.27 bits per heavy atom. The van der Waals surface area contributed by atoms with Gasteiger partial charge in [0, 0.05) is 18.7 Å². The van der Waals surface area contributed by atoms with E-state index < -0.39 is 0 Å². The maximum Gasteiger partial charge on any atom is 0.251 e. The summed E-state index contributed by atoms with van der Waals surface area (Å²) < 4.78 is 0. The average Bonchev–Trinajstić information content (AvgIpc) is 2.18. The van der Waals surface area contributed by atoms with Gasteiger partial charge in [0.1, 0.15) is 0 Å².